The molecule has 0 spiro atoms. The predicted octanol–water partition coefficient (Wildman–Crippen LogP) is -1.18. The third-order valence-electron chi connectivity index (χ3n) is 3.43. The molecule has 3 amide bonds. The van der Waals surface area contributed by atoms with Gasteiger partial charge in [0, 0.05) is 0 Å². The Morgan fingerprint density at radius 1 is 0.875 bits per heavy atom. The Labute approximate surface area is 141 Å². The van der Waals surface area contributed by atoms with Crippen molar-refractivity contribution in [2.75, 3.05) is 6.54 Å². The summed E-state index contributed by atoms with van der Waals surface area (Å²) in [6, 6.07) is -2.52. The highest BCUT2D eigenvalue weighted by Gasteiger charge is 2.28. The second-order valence-electron chi connectivity index (χ2n) is 6.34. The number of nitrogens with two attached hydrogens (primary N) is 1. The van der Waals surface area contributed by atoms with Crippen LogP contribution in [0.2, 0.25) is 0 Å². The van der Waals surface area contributed by atoms with Crippen LogP contribution >= 0.6 is 0 Å². The third kappa shape index (κ3) is 7.40. The van der Waals surface area contributed by atoms with Crippen molar-refractivity contribution in [2.45, 2.75) is 52.7 Å². The second-order valence-corrected chi connectivity index (χ2v) is 6.34. The Hall–Kier alpha value is -2.16. The number of nitrogens with one attached hydrogen (secondary N) is 3. The highest BCUT2D eigenvalue weighted by molar-refractivity contribution is 5.93. The van der Waals surface area contributed by atoms with Crippen molar-refractivity contribution in [3.8, 4) is 0 Å². The van der Waals surface area contributed by atoms with Gasteiger partial charge in [0.25, 0.3) is 0 Å². The van der Waals surface area contributed by atoms with Gasteiger partial charge in [-0.05, 0) is 18.8 Å². The minimum absolute atomic E-state index is 0.0783. The van der Waals surface area contributed by atoms with Gasteiger partial charge in [-0.25, -0.2) is 0 Å². The van der Waals surface area contributed by atoms with Crippen molar-refractivity contribution in [1.82, 2.24) is 16.0 Å². The molecule has 0 aromatic rings. The van der Waals surface area contributed by atoms with Crippen LogP contribution in [0.15, 0.2) is 0 Å². The Bertz CT molecular complexity index is 478. The van der Waals surface area contributed by atoms with Gasteiger partial charge in [-0.3, -0.25) is 19.2 Å². The normalized spacial score (nSPS) is 14.7. The molecule has 0 aromatic heterocycles. The van der Waals surface area contributed by atoms with E-state index < -0.39 is 48.4 Å². The molecule has 0 saturated heterocycles. The number of carboxylic acids is 1. The molecule has 24 heavy (non-hydrogen) atoms. The van der Waals surface area contributed by atoms with Crippen molar-refractivity contribution in [3.05, 3.63) is 0 Å². The van der Waals surface area contributed by atoms with Gasteiger partial charge in [-0.2, -0.15) is 0 Å². The number of rotatable bonds is 9. The van der Waals surface area contributed by atoms with E-state index in [0.29, 0.717) is 0 Å². The van der Waals surface area contributed by atoms with Crippen LogP contribution in [-0.4, -0.2) is 53.5 Å². The van der Waals surface area contributed by atoms with Crippen LogP contribution in [0.1, 0.15) is 34.6 Å². The Balaban J connectivity index is 4.74. The first kappa shape index (κ1) is 21.8. The summed E-state index contributed by atoms with van der Waals surface area (Å²) >= 11 is 0. The van der Waals surface area contributed by atoms with E-state index in [-0.39, 0.29) is 11.8 Å². The quantitative estimate of drug-likeness (QED) is 0.355. The van der Waals surface area contributed by atoms with Crippen LogP contribution in [0.4, 0.5) is 0 Å². The number of carboxylic acid groups (broad SMARTS) is 1. The van der Waals surface area contributed by atoms with Crippen LogP contribution in [0, 0.1) is 11.8 Å². The monoisotopic (exact) mass is 344 g/mol. The molecular formula is C15H28N4O5. The van der Waals surface area contributed by atoms with Gasteiger partial charge in [-0.1, -0.05) is 27.7 Å². The largest absolute Gasteiger partial charge is 0.480 e. The van der Waals surface area contributed by atoms with Gasteiger partial charge in [0.15, 0.2) is 0 Å². The van der Waals surface area contributed by atoms with Gasteiger partial charge >= 0.3 is 5.97 Å². The molecule has 9 heteroatoms. The summed E-state index contributed by atoms with van der Waals surface area (Å²) < 4.78 is 0. The minimum atomic E-state index is -1.18. The second kappa shape index (κ2) is 9.86. The number of hydrogen-bond donors (Lipinski definition) is 5. The van der Waals surface area contributed by atoms with Crippen LogP contribution < -0.4 is 21.7 Å². The lowest BCUT2D eigenvalue weighted by Gasteiger charge is -2.24. The molecule has 138 valence electrons. The third-order valence-corrected chi connectivity index (χ3v) is 3.43. The average Bonchev–Trinajstić information content (AvgIpc) is 2.48. The van der Waals surface area contributed by atoms with Crippen LogP contribution in [0.5, 0.6) is 0 Å². The number of carbonyl (C=O) groups is 4. The van der Waals surface area contributed by atoms with E-state index >= 15 is 0 Å². The van der Waals surface area contributed by atoms with E-state index in [2.05, 4.69) is 16.0 Å². The molecule has 0 fully saturated rings. The van der Waals surface area contributed by atoms with Crippen molar-refractivity contribution < 1.29 is 24.3 Å². The molecule has 0 saturated carbocycles. The predicted molar refractivity (Wildman–Crippen MR) is 87.8 cm³/mol. The summed E-state index contributed by atoms with van der Waals surface area (Å²) in [4.78, 5) is 46.5. The summed E-state index contributed by atoms with van der Waals surface area (Å²) in [5.74, 6) is -3.12. The molecule has 3 atom stereocenters. The van der Waals surface area contributed by atoms with Crippen LogP contribution in [-0.2, 0) is 19.2 Å². The average molecular weight is 344 g/mol. The van der Waals surface area contributed by atoms with Gasteiger partial charge in [0.2, 0.25) is 17.7 Å². The fourth-order valence-corrected chi connectivity index (χ4v) is 1.76. The Morgan fingerprint density at radius 2 is 1.42 bits per heavy atom. The maximum atomic E-state index is 12.2. The number of hydrogen-bond acceptors (Lipinski definition) is 5. The van der Waals surface area contributed by atoms with Crippen LogP contribution in [0.25, 0.3) is 0 Å². The SMILES string of the molecule is CC(NC(=O)C(N)C(C)C)C(=O)NC(C(=O)NCC(=O)O)C(C)C. The van der Waals surface area contributed by atoms with Crippen molar-refractivity contribution in [3.63, 3.8) is 0 Å². The fraction of sp³-hybridized carbons (Fsp3) is 0.733. The molecule has 6 N–H and O–H groups in total. The van der Waals surface area contributed by atoms with Gasteiger partial charge in [-0.15, -0.1) is 0 Å². The number of aliphatic carboxylic acids is 1. The molecular weight excluding hydrogens is 316 g/mol. The summed E-state index contributed by atoms with van der Waals surface area (Å²) in [6.45, 7) is 7.94. The molecule has 0 aliphatic heterocycles. The molecule has 0 aliphatic carbocycles. The van der Waals surface area contributed by atoms with E-state index in [9.17, 15) is 19.2 Å². The zero-order valence-corrected chi connectivity index (χ0v) is 14.8. The van der Waals surface area contributed by atoms with E-state index in [1.807, 2.05) is 0 Å². The molecule has 0 bridgehead atoms. The molecule has 3 unspecified atom stereocenters. The number of amides is 3. The number of carbonyl (C=O) groups excluding carboxylic acids is 3. The molecule has 0 rings (SSSR count). The zero-order valence-electron chi connectivity index (χ0n) is 14.8. The molecule has 0 heterocycles. The topological polar surface area (TPSA) is 151 Å². The maximum Gasteiger partial charge on any atom is 0.322 e. The summed E-state index contributed by atoms with van der Waals surface area (Å²) in [5, 5.41) is 15.8. The Kier molecular flexibility index (Phi) is 8.97. The van der Waals surface area contributed by atoms with Gasteiger partial charge in [0.05, 0.1) is 6.04 Å². The molecule has 0 aromatic carbocycles. The lowest BCUT2D eigenvalue weighted by molar-refractivity contribution is -0.139. The van der Waals surface area contributed by atoms with E-state index in [0.717, 1.165) is 0 Å². The molecule has 9 nitrogen and oxygen atoms in total. The van der Waals surface area contributed by atoms with E-state index in [1.165, 1.54) is 6.92 Å². The highest BCUT2D eigenvalue weighted by atomic mass is 16.4. The van der Waals surface area contributed by atoms with Crippen molar-refractivity contribution >= 4 is 23.7 Å². The fourth-order valence-electron chi connectivity index (χ4n) is 1.76. The Morgan fingerprint density at radius 3 is 1.83 bits per heavy atom. The molecule has 0 radical (unpaired) electrons. The van der Waals surface area contributed by atoms with Gasteiger partial charge in [0.1, 0.15) is 18.6 Å². The van der Waals surface area contributed by atoms with Crippen molar-refractivity contribution in [1.29, 1.82) is 0 Å². The standard InChI is InChI=1S/C15H28N4O5/c1-7(2)11(16)14(23)18-9(5)13(22)19-12(8(3)4)15(24)17-6-10(20)21/h7-9,11-12H,6,16H2,1-5H3,(H,17,24)(H,18,23)(H,19,22)(H,20,21). The van der Waals surface area contributed by atoms with Crippen molar-refractivity contribution in [2.24, 2.45) is 17.6 Å². The summed E-state index contributed by atoms with van der Waals surface area (Å²) in [6.07, 6.45) is 0. The smallest absolute Gasteiger partial charge is 0.322 e. The summed E-state index contributed by atoms with van der Waals surface area (Å²) in [7, 11) is 0. The highest BCUT2D eigenvalue weighted by Crippen LogP contribution is 2.03. The minimum Gasteiger partial charge on any atom is -0.480 e. The first-order valence-electron chi connectivity index (χ1n) is 7.83. The van der Waals surface area contributed by atoms with E-state index in [1.54, 1.807) is 27.7 Å². The first-order valence-corrected chi connectivity index (χ1v) is 7.83. The summed E-state index contributed by atoms with van der Waals surface area (Å²) in [5.41, 5.74) is 5.71. The van der Waals surface area contributed by atoms with E-state index in [4.69, 9.17) is 10.8 Å². The lowest BCUT2D eigenvalue weighted by Crippen LogP contribution is -2.56. The lowest BCUT2D eigenvalue weighted by atomic mass is 10.0. The first-order chi connectivity index (χ1) is 11.0. The van der Waals surface area contributed by atoms with Gasteiger partial charge < -0.3 is 26.8 Å². The maximum absolute atomic E-state index is 12.2. The molecule has 0 aliphatic rings. The zero-order chi connectivity index (χ0) is 19.0. The van der Waals surface area contributed by atoms with Crippen LogP contribution in [0.3, 0.4) is 0 Å².